The van der Waals surface area contributed by atoms with Crippen molar-refractivity contribution in [3.8, 4) is 5.75 Å². The molecule has 1 aromatic carbocycles. The molecule has 2 heterocycles. The van der Waals surface area contributed by atoms with Gasteiger partial charge in [0.15, 0.2) is 11.9 Å². The molecule has 2 amide bonds. The first kappa shape index (κ1) is 18.9. The first-order valence-electron chi connectivity index (χ1n) is 10.2. The molecule has 0 spiro atoms. The highest BCUT2D eigenvalue weighted by atomic mass is 16.5. The maximum atomic E-state index is 12.9. The standard InChI is InChI=1S/C21H27N3O4/c1-13-21(27)23-17-10-16(4-5-18(17)28-13)20(26)15-6-8-24(9-7-15)19(25)12-22-11-14-2-3-14/h4-5,10,13-15,22H,2-3,6-9,11-12H2,1H3,(H,23,27). The molecule has 0 bridgehead atoms. The van der Waals surface area contributed by atoms with E-state index in [2.05, 4.69) is 10.6 Å². The molecule has 2 fully saturated rings. The lowest BCUT2D eigenvalue weighted by atomic mass is 9.88. The summed E-state index contributed by atoms with van der Waals surface area (Å²) in [6, 6.07) is 5.19. The molecule has 1 saturated carbocycles. The molecule has 7 heteroatoms. The van der Waals surface area contributed by atoms with Gasteiger partial charge in [0.25, 0.3) is 5.91 Å². The van der Waals surface area contributed by atoms with Crippen molar-refractivity contribution >= 4 is 23.3 Å². The average molecular weight is 385 g/mol. The number of carbonyl (C=O) groups is 3. The number of ketones is 1. The summed E-state index contributed by atoms with van der Waals surface area (Å²) in [6.07, 6.45) is 3.35. The first-order chi connectivity index (χ1) is 13.5. The number of Topliss-reactive ketones (excluding diaryl/α,β-unsaturated/α-hetero) is 1. The number of benzene rings is 1. The Hall–Kier alpha value is -2.41. The van der Waals surface area contributed by atoms with Crippen molar-refractivity contribution in [1.29, 1.82) is 0 Å². The van der Waals surface area contributed by atoms with Crippen LogP contribution in [0, 0.1) is 11.8 Å². The predicted octanol–water partition coefficient (Wildman–Crippen LogP) is 1.83. The highest BCUT2D eigenvalue weighted by molar-refractivity contribution is 6.02. The van der Waals surface area contributed by atoms with Crippen molar-refractivity contribution in [2.24, 2.45) is 11.8 Å². The van der Waals surface area contributed by atoms with Gasteiger partial charge in [0.2, 0.25) is 5.91 Å². The molecule has 1 aromatic rings. The zero-order chi connectivity index (χ0) is 19.7. The number of anilines is 1. The lowest BCUT2D eigenvalue weighted by Crippen LogP contribution is -2.44. The lowest BCUT2D eigenvalue weighted by Gasteiger charge is -2.31. The van der Waals surface area contributed by atoms with E-state index in [9.17, 15) is 14.4 Å². The van der Waals surface area contributed by atoms with E-state index in [-0.39, 0.29) is 23.5 Å². The smallest absolute Gasteiger partial charge is 0.265 e. The van der Waals surface area contributed by atoms with Crippen LogP contribution in [0.1, 0.15) is 43.0 Å². The number of likely N-dealkylation sites (tertiary alicyclic amines) is 1. The molecular weight excluding hydrogens is 358 g/mol. The van der Waals surface area contributed by atoms with Crippen LogP contribution in [0.25, 0.3) is 0 Å². The number of hydrogen-bond acceptors (Lipinski definition) is 5. The summed E-state index contributed by atoms with van der Waals surface area (Å²) < 4.78 is 5.54. The van der Waals surface area contributed by atoms with E-state index in [1.165, 1.54) is 12.8 Å². The van der Waals surface area contributed by atoms with E-state index in [0.29, 0.717) is 49.5 Å². The van der Waals surface area contributed by atoms with Crippen molar-refractivity contribution < 1.29 is 19.1 Å². The number of piperidine rings is 1. The van der Waals surface area contributed by atoms with E-state index in [0.717, 1.165) is 12.5 Å². The second-order valence-electron chi connectivity index (χ2n) is 8.05. The topological polar surface area (TPSA) is 87.7 Å². The van der Waals surface area contributed by atoms with Crippen LogP contribution in [0.3, 0.4) is 0 Å². The van der Waals surface area contributed by atoms with Gasteiger partial charge in [-0.2, -0.15) is 0 Å². The number of rotatable bonds is 6. The summed E-state index contributed by atoms with van der Waals surface area (Å²) >= 11 is 0. The second kappa shape index (κ2) is 7.91. The molecule has 1 unspecified atom stereocenters. The fourth-order valence-electron chi connectivity index (χ4n) is 3.81. The monoisotopic (exact) mass is 385 g/mol. The summed E-state index contributed by atoms with van der Waals surface area (Å²) in [6.45, 7) is 4.23. The number of ether oxygens (including phenoxy) is 1. The molecule has 1 saturated heterocycles. The lowest BCUT2D eigenvalue weighted by molar-refractivity contribution is -0.131. The van der Waals surface area contributed by atoms with Crippen molar-refractivity contribution in [3.05, 3.63) is 23.8 Å². The molecule has 0 radical (unpaired) electrons. The molecule has 7 nitrogen and oxygen atoms in total. The van der Waals surface area contributed by atoms with Crippen LogP contribution >= 0.6 is 0 Å². The Morgan fingerprint density at radius 3 is 2.68 bits per heavy atom. The largest absolute Gasteiger partial charge is 0.479 e. The maximum Gasteiger partial charge on any atom is 0.265 e. The Kier molecular flexibility index (Phi) is 5.35. The molecule has 2 aliphatic heterocycles. The highest BCUT2D eigenvalue weighted by Crippen LogP contribution is 2.32. The number of hydrogen-bond donors (Lipinski definition) is 2. The molecule has 28 heavy (non-hydrogen) atoms. The van der Waals surface area contributed by atoms with Gasteiger partial charge in [-0.15, -0.1) is 0 Å². The molecule has 1 atom stereocenters. The number of nitrogens with zero attached hydrogens (tertiary/aromatic N) is 1. The van der Waals surface area contributed by atoms with E-state index in [4.69, 9.17) is 4.74 Å². The third kappa shape index (κ3) is 4.19. The first-order valence-corrected chi connectivity index (χ1v) is 10.2. The second-order valence-corrected chi connectivity index (χ2v) is 8.05. The Labute approximate surface area is 164 Å². The van der Waals surface area contributed by atoms with Crippen LogP contribution in [-0.2, 0) is 9.59 Å². The molecule has 2 N–H and O–H groups in total. The minimum atomic E-state index is -0.533. The van der Waals surface area contributed by atoms with Gasteiger partial charge in [-0.25, -0.2) is 0 Å². The molecular formula is C21H27N3O4. The van der Waals surface area contributed by atoms with Gasteiger partial charge >= 0.3 is 0 Å². The third-order valence-electron chi connectivity index (χ3n) is 5.82. The van der Waals surface area contributed by atoms with Gasteiger partial charge in [-0.1, -0.05) is 0 Å². The van der Waals surface area contributed by atoms with E-state index in [1.807, 2.05) is 4.90 Å². The SMILES string of the molecule is CC1Oc2ccc(C(=O)C3CCN(C(=O)CNCC4CC4)CC3)cc2NC1=O. The Morgan fingerprint density at radius 2 is 1.96 bits per heavy atom. The van der Waals surface area contributed by atoms with Gasteiger partial charge in [-0.05, 0) is 63.3 Å². The summed E-state index contributed by atoms with van der Waals surface area (Å²) in [4.78, 5) is 38.8. The van der Waals surface area contributed by atoms with Crippen molar-refractivity contribution in [2.75, 3.05) is 31.5 Å². The molecule has 150 valence electrons. The summed E-state index contributed by atoms with van der Waals surface area (Å²) in [5.74, 6) is 1.22. The fourth-order valence-corrected chi connectivity index (χ4v) is 3.81. The van der Waals surface area contributed by atoms with Crippen LogP contribution < -0.4 is 15.4 Å². The quantitative estimate of drug-likeness (QED) is 0.730. The maximum absolute atomic E-state index is 12.9. The predicted molar refractivity (Wildman–Crippen MR) is 104 cm³/mol. The molecule has 4 rings (SSSR count). The van der Waals surface area contributed by atoms with E-state index >= 15 is 0 Å². The van der Waals surface area contributed by atoms with E-state index in [1.54, 1.807) is 25.1 Å². The van der Waals surface area contributed by atoms with Gasteiger partial charge in [-0.3, -0.25) is 14.4 Å². The van der Waals surface area contributed by atoms with Gasteiger partial charge < -0.3 is 20.3 Å². The van der Waals surface area contributed by atoms with Crippen LogP contribution in [-0.4, -0.2) is 54.8 Å². The fraction of sp³-hybridized carbons (Fsp3) is 0.571. The average Bonchev–Trinajstić information content (AvgIpc) is 3.52. The van der Waals surface area contributed by atoms with Crippen molar-refractivity contribution in [1.82, 2.24) is 10.2 Å². The Morgan fingerprint density at radius 1 is 1.21 bits per heavy atom. The Balaban J connectivity index is 1.30. The molecule has 3 aliphatic rings. The number of amides is 2. The van der Waals surface area contributed by atoms with Gasteiger partial charge in [0, 0.05) is 24.6 Å². The van der Waals surface area contributed by atoms with Crippen LogP contribution in [0.5, 0.6) is 5.75 Å². The molecule has 0 aromatic heterocycles. The van der Waals surface area contributed by atoms with Crippen molar-refractivity contribution in [2.45, 2.75) is 38.7 Å². The minimum absolute atomic E-state index is 0.0645. The normalized spacial score (nSPS) is 22.2. The number of nitrogens with one attached hydrogen (secondary N) is 2. The summed E-state index contributed by atoms with van der Waals surface area (Å²) in [5.41, 5.74) is 1.12. The molecule has 1 aliphatic carbocycles. The van der Waals surface area contributed by atoms with E-state index < -0.39 is 6.10 Å². The van der Waals surface area contributed by atoms with Gasteiger partial charge in [0.05, 0.1) is 12.2 Å². The highest BCUT2D eigenvalue weighted by Gasteiger charge is 2.30. The van der Waals surface area contributed by atoms with Gasteiger partial charge in [0.1, 0.15) is 5.75 Å². The third-order valence-corrected chi connectivity index (χ3v) is 5.82. The summed E-state index contributed by atoms with van der Waals surface area (Å²) in [5, 5.41) is 6.02. The van der Waals surface area contributed by atoms with Crippen molar-refractivity contribution in [3.63, 3.8) is 0 Å². The zero-order valence-electron chi connectivity index (χ0n) is 16.2. The number of fused-ring (bicyclic) bond motifs is 1. The minimum Gasteiger partial charge on any atom is -0.479 e. The van der Waals surface area contributed by atoms with Crippen LogP contribution in [0.15, 0.2) is 18.2 Å². The summed E-state index contributed by atoms with van der Waals surface area (Å²) in [7, 11) is 0. The Bertz CT molecular complexity index is 782. The van der Waals surface area contributed by atoms with Crippen LogP contribution in [0.2, 0.25) is 0 Å². The number of carbonyl (C=O) groups excluding carboxylic acids is 3. The zero-order valence-corrected chi connectivity index (χ0v) is 16.2. The van der Waals surface area contributed by atoms with Crippen LogP contribution in [0.4, 0.5) is 5.69 Å².